The van der Waals surface area contributed by atoms with Gasteiger partial charge in [-0.15, -0.1) is 0 Å². The Hall–Kier alpha value is -2.28. The quantitative estimate of drug-likeness (QED) is 0.898. The first-order valence-corrected chi connectivity index (χ1v) is 8.68. The van der Waals surface area contributed by atoms with Crippen LogP contribution < -0.4 is 10.0 Å². The van der Waals surface area contributed by atoms with E-state index < -0.39 is 16.1 Å². The lowest BCUT2D eigenvalue weighted by Gasteiger charge is -2.09. The number of amides is 2. The van der Waals surface area contributed by atoms with Gasteiger partial charge in [-0.25, -0.2) is 17.9 Å². The number of urea groups is 1. The first-order valence-electron chi connectivity index (χ1n) is 7.20. The zero-order chi connectivity index (χ0) is 17.2. The molecule has 2 amide bonds. The van der Waals surface area contributed by atoms with Crippen molar-refractivity contribution in [2.24, 2.45) is 7.05 Å². The number of carbonyl (C=O) groups excluding carboxylic acids is 1. The zero-order valence-corrected chi connectivity index (χ0v) is 14.5. The van der Waals surface area contributed by atoms with Gasteiger partial charge in [-0.2, -0.15) is 0 Å². The predicted octanol–water partition coefficient (Wildman–Crippen LogP) is 2.14. The van der Waals surface area contributed by atoms with E-state index in [0.29, 0.717) is 0 Å². The van der Waals surface area contributed by atoms with Crippen molar-refractivity contribution in [3.8, 4) is 0 Å². The van der Waals surface area contributed by atoms with Crippen LogP contribution in [0.3, 0.4) is 0 Å². The molecule has 23 heavy (non-hydrogen) atoms. The van der Waals surface area contributed by atoms with E-state index in [0.717, 1.165) is 22.5 Å². The van der Waals surface area contributed by atoms with Crippen molar-refractivity contribution < 1.29 is 13.2 Å². The van der Waals surface area contributed by atoms with Crippen molar-refractivity contribution >= 4 is 16.1 Å². The lowest BCUT2D eigenvalue weighted by atomic mass is 10.2. The third-order valence-corrected chi connectivity index (χ3v) is 5.22. The van der Waals surface area contributed by atoms with Crippen molar-refractivity contribution in [2.75, 3.05) is 0 Å². The van der Waals surface area contributed by atoms with Gasteiger partial charge in [0.05, 0.1) is 4.90 Å². The van der Waals surface area contributed by atoms with E-state index in [1.807, 2.05) is 43.2 Å². The van der Waals surface area contributed by atoms with E-state index in [1.165, 1.54) is 12.1 Å². The number of hydrogen-bond acceptors (Lipinski definition) is 3. The highest BCUT2D eigenvalue weighted by Crippen LogP contribution is 2.13. The number of benzene rings is 1. The number of carbonyl (C=O) groups is 1. The molecule has 0 aliphatic carbocycles. The maximum Gasteiger partial charge on any atom is 0.328 e. The second-order valence-electron chi connectivity index (χ2n) is 5.56. The molecule has 1 aromatic carbocycles. The molecule has 0 saturated carbocycles. The number of aromatic nitrogens is 1. The fraction of sp³-hybridized carbons (Fsp3) is 0.312. The van der Waals surface area contributed by atoms with E-state index in [9.17, 15) is 13.2 Å². The van der Waals surface area contributed by atoms with Gasteiger partial charge < -0.3 is 9.88 Å². The van der Waals surface area contributed by atoms with Crippen LogP contribution in [0.4, 0.5) is 4.79 Å². The summed E-state index contributed by atoms with van der Waals surface area (Å²) in [7, 11) is -1.92. The Labute approximate surface area is 136 Å². The summed E-state index contributed by atoms with van der Waals surface area (Å²) < 4.78 is 28.3. The topological polar surface area (TPSA) is 80.2 Å². The molecule has 0 unspecified atom stereocenters. The summed E-state index contributed by atoms with van der Waals surface area (Å²) in [4.78, 5) is 11.9. The lowest BCUT2D eigenvalue weighted by molar-refractivity contribution is 0.245. The summed E-state index contributed by atoms with van der Waals surface area (Å²) in [5.41, 5.74) is 4.01. The Balaban J connectivity index is 2.01. The first-order chi connectivity index (χ1) is 10.7. The molecule has 0 radical (unpaired) electrons. The van der Waals surface area contributed by atoms with E-state index in [1.54, 1.807) is 12.1 Å². The molecule has 0 bridgehead atoms. The summed E-state index contributed by atoms with van der Waals surface area (Å²) in [6.07, 6.45) is 0. The number of rotatable bonds is 4. The van der Waals surface area contributed by atoms with Crippen LogP contribution in [0.1, 0.15) is 22.5 Å². The van der Waals surface area contributed by atoms with Crippen LogP contribution in [0.25, 0.3) is 0 Å². The smallest absolute Gasteiger partial charge is 0.328 e. The largest absolute Gasteiger partial charge is 0.352 e. The van der Waals surface area contributed by atoms with Gasteiger partial charge >= 0.3 is 6.03 Å². The molecule has 0 spiro atoms. The fourth-order valence-electron chi connectivity index (χ4n) is 2.22. The summed E-state index contributed by atoms with van der Waals surface area (Å²) in [6, 6.07) is 7.52. The Kier molecular flexibility index (Phi) is 4.79. The molecule has 2 N–H and O–H groups in total. The molecule has 7 heteroatoms. The molecule has 0 aliphatic heterocycles. The van der Waals surface area contributed by atoms with Gasteiger partial charge in [0.25, 0.3) is 10.0 Å². The Morgan fingerprint density at radius 3 is 2.26 bits per heavy atom. The standard InChI is InChI=1S/C16H21N3O3S/c1-11-5-7-15(8-6-11)23(21,22)18-16(20)17-10-14-9-12(2)19(4)13(14)3/h5-9H,10H2,1-4H3,(H2,17,18,20). The molecule has 2 aromatic rings. The molecule has 0 aliphatic rings. The van der Waals surface area contributed by atoms with Crippen molar-refractivity contribution in [3.63, 3.8) is 0 Å². The molecular formula is C16H21N3O3S. The molecular weight excluding hydrogens is 314 g/mol. The summed E-state index contributed by atoms with van der Waals surface area (Å²) in [5, 5.41) is 2.58. The number of aryl methyl sites for hydroxylation is 2. The summed E-state index contributed by atoms with van der Waals surface area (Å²) in [6.45, 7) is 6.05. The highest BCUT2D eigenvalue weighted by Gasteiger charge is 2.17. The first kappa shape index (κ1) is 17.1. The Morgan fingerprint density at radius 2 is 1.74 bits per heavy atom. The number of nitrogens with one attached hydrogen (secondary N) is 2. The van der Waals surface area contributed by atoms with Crippen molar-refractivity contribution in [2.45, 2.75) is 32.2 Å². The molecule has 0 atom stereocenters. The van der Waals surface area contributed by atoms with Crippen molar-refractivity contribution in [1.29, 1.82) is 0 Å². The second kappa shape index (κ2) is 6.45. The van der Waals surface area contributed by atoms with Crippen LogP contribution in [0.15, 0.2) is 35.2 Å². The summed E-state index contributed by atoms with van der Waals surface area (Å²) in [5.74, 6) is 0. The van der Waals surface area contributed by atoms with Gasteiger partial charge in [0.2, 0.25) is 0 Å². The normalized spacial score (nSPS) is 11.3. The van der Waals surface area contributed by atoms with Gasteiger partial charge in [0.15, 0.2) is 0 Å². The average molecular weight is 335 g/mol. The van der Waals surface area contributed by atoms with Gasteiger partial charge in [-0.3, -0.25) is 0 Å². The number of hydrogen-bond donors (Lipinski definition) is 2. The van der Waals surface area contributed by atoms with Gasteiger partial charge in [0, 0.05) is 25.0 Å². The Bertz CT molecular complexity index is 821. The number of sulfonamides is 1. The van der Waals surface area contributed by atoms with Crippen LogP contribution in [0.2, 0.25) is 0 Å². The van der Waals surface area contributed by atoms with Gasteiger partial charge in [-0.05, 0) is 44.5 Å². The van der Waals surface area contributed by atoms with E-state index in [-0.39, 0.29) is 11.4 Å². The molecule has 2 rings (SSSR count). The van der Waals surface area contributed by atoms with E-state index in [2.05, 4.69) is 5.32 Å². The average Bonchev–Trinajstić information content (AvgIpc) is 2.72. The van der Waals surface area contributed by atoms with Gasteiger partial charge in [0.1, 0.15) is 0 Å². The zero-order valence-electron chi connectivity index (χ0n) is 13.7. The van der Waals surface area contributed by atoms with Gasteiger partial charge in [-0.1, -0.05) is 17.7 Å². The summed E-state index contributed by atoms with van der Waals surface area (Å²) >= 11 is 0. The van der Waals surface area contributed by atoms with Crippen LogP contribution in [-0.4, -0.2) is 19.0 Å². The molecule has 0 fully saturated rings. The predicted molar refractivity (Wildman–Crippen MR) is 88.6 cm³/mol. The highest BCUT2D eigenvalue weighted by molar-refractivity contribution is 7.90. The van der Waals surface area contributed by atoms with Crippen molar-refractivity contribution in [3.05, 3.63) is 52.8 Å². The maximum atomic E-state index is 12.1. The highest BCUT2D eigenvalue weighted by atomic mass is 32.2. The Morgan fingerprint density at radius 1 is 1.13 bits per heavy atom. The third-order valence-electron chi connectivity index (χ3n) is 3.88. The second-order valence-corrected chi connectivity index (χ2v) is 7.24. The SMILES string of the molecule is Cc1ccc(S(=O)(=O)NC(=O)NCc2cc(C)n(C)c2C)cc1. The van der Waals surface area contributed by atoms with Crippen molar-refractivity contribution in [1.82, 2.24) is 14.6 Å². The van der Waals surface area contributed by atoms with Crippen LogP contribution in [0.5, 0.6) is 0 Å². The lowest BCUT2D eigenvalue weighted by Crippen LogP contribution is -2.39. The minimum Gasteiger partial charge on any atom is -0.352 e. The fourth-order valence-corrected chi connectivity index (χ4v) is 3.15. The molecule has 124 valence electrons. The minimum atomic E-state index is -3.86. The molecule has 1 aromatic heterocycles. The van der Waals surface area contributed by atoms with E-state index >= 15 is 0 Å². The monoisotopic (exact) mass is 335 g/mol. The maximum absolute atomic E-state index is 12.1. The molecule has 6 nitrogen and oxygen atoms in total. The van der Waals surface area contributed by atoms with Crippen LogP contribution in [0, 0.1) is 20.8 Å². The van der Waals surface area contributed by atoms with Crippen LogP contribution >= 0.6 is 0 Å². The molecule has 0 saturated heterocycles. The van der Waals surface area contributed by atoms with E-state index in [4.69, 9.17) is 0 Å². The molecule has 1 heterocycles. The third kappa shape index (κ3) is 3.92. The number of nitrogens with zero attached hydrogens (tertiary/aromatic N) is 1. The minimum absolute atomic E-state index is 0.0602. The van der Waals surface area contributed by atoms with Crippen LogP contribution in [-0.2, 0) is 23.6 Å².